The molecule has 2 N–H and O–H groups in total. The van der Waals surface area contributed by atoms with E-state index in [1.807, 2.05) is 0 Å². The molecule has 0 bridgehead atoms. The molecule has 2 rings (SSSR count). The first-order valence-corrected chi connectivity index (χ1v) is 5.88. The van der Waals surface area contributed by atoms with Crippen molar-refractivity contribution < 1.29 is 13.2 Å². The summed E-state index contributed by atoms with van der Waals surface area (Å²) < 4.78 is 36.2. The van der Waals surface area contributed by atoms with Crippen LogP contribution in [-0.2, 0) is 0 Å². The highest BCUT2D eigenvalue weighted by molar-refractivity contribution is 8.00. The predicted octanol–water partition coefficient (Wildman–Crippen LogP) is 4.13. The first kappa shape index (κ1) is 14.7. The Hall–Kier alpha value is -0.390. The Labute approximate surface area is 108 Å². The lowest BCUT2D eigenvalue weighted by molar-refractivity contribution is -0.0328. The van der Waals surface area contributed by atoms with Crippen molar-refractivity contribution in [2.75, 3.05) is 0 Å². The first-order chi connectivity index (χ1) is 7.46. The van der Waals surface area contributed by atoms with Crippen molar-refractivity contribution in [3.8, 4) is 0 Å². The Balaban J connectivity index is 0.00000144. The Bertz CT molecular complexity index is 362. The molecule has 0 unspecified atom stereocenters. The second-order valence-corrected chi connectivity index (χ2v) is 5.12. The average Bonchev–Trinajstić information content (AvgIpc) is 2.98. The van der Waals surface area contributed by atoms with Gasteiger partial charge in [0.1, 0.15) is 0 Å². The number of nitrogens with two attached hydrogens (primary N) is 1. The normalized spacial score (nSPS) is 17.4. The maximum Gasteiger partial charge on any atom is 0.446 e. The lowest BCUT2D eigenvalue weighted by Crippen LogP contribution is -2.12. The lowest BCUT2D eigenvalue weighted by atomic mass is 10.0. The third-order valence-electron chi connectivity index (χ3n) is 2.63. The highest BCUT2D eigenvalue weighted by atomic mass is 35.5. The fraction of sp³-hybridized carbons (Fsp3) is 0.455. The van der Waals surface area contributed by atoms with Crippen LogP contribution in [-0.4, -0.2) is 5.51 Å². The van der Waals surface area contributed by atoms with E-state index in [9.17, 15) is 13.2 Å². The number of rotatable bonds is 3. The van der Waals surface area contributed by atoms with Crippen LogP contribution in [0.5, 0.6) is 0 Å². The van der Waals surface area contributed by atoms with Crippen molar-refractivity contribution in [1.82, 2.24) is 0 Å². The van der Waals surface area contributed by atoms with Gasteiger partial charge in [-0.3, -0.25) is 0 Å². The number of hydrogen-bond acceptors (Lipinski definition) is 2. The Morgan fingerprint density at radius 3 is 2.12 bits per heavy atom. The molecule has 1 aromatic rings. The maximum absolute atomic E-state index is 12.1. The number of benzene rings is 1. The van der Waals surface area contributed by atoms with Crippen molar-refractivity contribution in [3.05, 3.63) is 29.8 Å². The van der Waals surface area contributed by atoms with Crippen LogP contribution in [0.4, 0.5) is 13.2 Å². The van der Waals surface area contributed by atoms with Crippen LogP contribution in [0.1, 0.15) is 24.4 Å². The number of halogens is 4. The van der Waals surface area contributed by atoms with Gasteiger partial charge in [0, 0.05) is 10.9 Å². The molecule has 0 spiro atoms. The van der Waals surface area contributed by atoms with Crippen molar-refractivity contribution in [2.24, 2.45) is 11.7 Å². The fourth-order valence-electron chi connectivity index (χ4n) is 1.62. The molecule has 0 aliphatic heterocycles. The van der Waals surface area contributed by atoms with Crippen LogP contribution in [0.15, 0.2) is 29.2 Å². The smallest absolute Gasteiger partial charge is 0.324 e. The summed E-state index contributed by atoms with van der Waals surface area (Å²) in [6.07, 6.45) is 2.25. The molecule has 0 saturated heterocycles. The van der Waals surface area contributed by atoms with E-state index in [1.54, 1.807) is 12.1 Å². The van der Waals surface area contributed by atoms with E-state index in [-0.39, 0.29) is 35.1 Å². The van der Waals surface area contributed by atoms with Crippen LogP contribution < -0.4 is 5.73 Å². The second-order valence-electron chi connectivity index (χ2n) is 3.98. The van der Waals surface area contributed by atoms with E-state index >= 15 is 0 Å². The molecule has 0 heterocycles. The Morgan fingerprint density at radius 1 is 1.18 bits per heavy atom. The molecule has 17 heavy (non-hydrogen) atoms. The quantitative estimate of drug-likeness (QED) is 0.844. The predicted molar refractivity (Wildman–Crippen MR) is 65.3 cm³/mol. The van der Waals surface area contributed by atoms with E-state index in [0.29, 0.717) is 5.92 Å². The second kappa shape index (κ2) is 5.50. The van der Waals surface area contributed by atoms with E-state index in [0.717, 1.165) is 18.4 Å². The molecule has 1 aliphatic carbocycles. The first-order valence-electron chi connectivity index (χ1n) is 5.07. The van der Waals surface area contributed by atoms with Crippen molar-refractivity contribution in [3.63, 3.8) is 0 Å². The standard InChI is InChI=1S/C11H12F3NS.ClH/c12-11(13,14)16-9-5-3-8(4-6-9)10(15)7-1-2-7;/h3-7,10H,1-2,15H2;1H/t10-;/m0./s1. The molecule has 96 valence electrons. The molecular formula is C11H13ClF3NS. The van der Waals surface area contributed by atoms with Gasteiger partial charge in [0.05, 0.1) is 0 Å². The molecule has 1 aliphatic rings. The molecule has 1 atom stereocenters. The van der Waals surface area contributed by atoms with Crippen molar-refractivity contribution >= 4 is 24.2 Å². The summed E-state index contributed by atoms with van der Waals surface area (Å²) in [5.41, 5.74) is 2.65. The summed E-state index contributed by atoms with van der Waals surface area (Å²) in [4.78, 5) is 0.208. The van der Waals surface area contributed by atoms with Gasteiger partial charge in [-0.25, -0.2) is 0 Å². The van der Waals surface area contributed by atoms with Crippen LogP contribution >= 0.6 is 24.2 Å². The summed E-state index contributed by atoms with van der Waals surface area (Å²) >= 11 is -0.0956. The van der Waals surface area contributed by atoms with E-state index in [4.69, 9.17) is 5.73 Å². The number of thioether (sulfide) groups is 1. The Morgan fingerprint density at radius 2 is 1.71 bits per heavy atom. The minimum Gasteiger partial charge on any atom is -0.324 e. The minimum absolute atomic E-state index is 0. The zero-order chi connectivity index (χ0) is 11.8. The zero-order valence-electron chi connectivity index (χ0n) is 8.91. The molecule has 0 amide bonds. The van der Waals surface area contributed by atoms with Gasteiger partial charge in [-0.05, 0) is 48.2 Å². The fourth-order valence-corrected chi connectivity index (χ4v) is 2.16. The summed E-state index contributed by atoms with van der Waals surface area (Å²) in [6, 6.07) is 6.32. The van der Waals surface area contributed by atoms with E-state index in [1.165, 1.54) is 12.1 Å². The number of alkyl halides is 3. The van der Waals surface area contributed by atoms with Crippen molar-refractivity contribution in [1.29, 1.82) is 0 Å². The third-order valence-corrected chi connectivity index (χ3v) is 3.37. The molecule has 1 nitrogen and oxygen atoms in total. The van der Waals surface area contributed by atoms with Gasteiger partial charge in [0.15, 0.2) is 0 Å². The van der Waals surface area contributed by atoms with E-state index in [2.05, 4.69) is 0 Å². The van der Waals surface area contributed by atoms with Gasteiger partial charge in [0.25, 0.3) is 0 Å². The van der Waals surface area contributed by atoms with Gasteiger partial charge < -0.3 is 5.73 Å². The SMILES string of the molecule is Cl.N[C@H](c1ccc(SC(F)(F)F)cc1)C1CC1. The topological polar surface area (TPSA) is 26.0 Å². The zero-order valence-corrected chi connectivity index (χ0v) is 10.5. The largest absolute Gasteiger partial charge is 0.446 e. The van der Waals surface area contributed by atoms with E-state index < -0.39 is 5.51 Å². The molecule has 1 aromatic carbocycles. The monoisotopic (exact) mass is 283 g/mol. The van der Waals surface area contributed by atoms with Gasteiger partial charge in [-0.1, -0.05) is 12.1 Å². The van der Waals surface area contributed by atoms with Crippen LogP contribution in [0.25, 0.3) is 0 Å². The number of hydrogen-bond donors (Lipinski definition) is 1. The molecule has 1 saturated carbocycles. The summed E-state index contributed by atoms with van der Waals surface area (Å²) in [5.74, 6) is 0.515. The molecule has 0 aromatic heterocycles. The molecule has 0 radical (unpaired) electrons. The summed E-state index contributed by atoms with van der Waals surface area (Å²) in [5, 5.41) is 0. The van der Waals surface area contributed by atoms with Crippen molar-refractivity contribution in [2.45, 2.75) is 29.3 Å². The van der Waals surface area contributed by atoms with Crippen LogP contribution in [0, 0.1) is 5.92 Å². The van der Waals surface area contributed by atoms with Crippen LogP contribution in [0.2, 0.25) is 0 Å². The molecular weight excluding hydrogens is 271 g/mol. The highest BCUT2D eigenvalue weighted by Gasteiger charge is 2.31. The molecule has 1 fully saturated rings. The minimum atomic E-state index is -4.22. The van der Waals surface area contributed by atoms with Gasteiger partial charge >= 0.3 is 5.51 Å². The van der Waals surface area contributed by atoms with Crippen LogP contribution in [0.3, 0.4) is 0 Å². The average molecular weight is 284 g/mol. The maximum atomic E-state index is 12.1. The summed E-state index contributed by atoms with van der Waals surface area (Å²) in [6.45, 7) is 0. The molecule has 6 heteroatoms. The lowest BCUT2D eigenvalue weighted by Gasteiger charge is -2.11. The Kier molecular flexibility index (Phi) is 4.75. The highest BCUT2D eigenvalue weighted by Crippen LogP contribution is 2.41. The van der Waals surface area contributed by atoms with Gasteiger partial charge in [-0.2, -0.15) is 13.2 Å². The third kappa shape index (κ3) is 4.41. The van der Waals surface area contributed by atoms with Gasteiger partial charge in [-0.15, -0.1) is 12.4 Å². The van der Waals surface area contributed by atoms with Gasteiger partial charge in [0.2, 0.25) is 0 Å². The summed E-state index contributed by atoms with van der Waals surface area (Å²) in [7, 11) is 0.